The Hall–Kier alpha value is 1.55. The van der Waals surface area contributed by atoms with Gasteiger partial charge in [0.25, 0.3) is 10.1 Å². The van der Waals surface area contributed by atoms with E-state index in [0.717, 1.165) is 12.8 Å². The minimum Gasteiger partial charge on any atom is -1.00 e. The number of hydrogen-bond acceptors (Lipinski definition) is 2. The average Bonchev–Trinajstić information content (AvgIpc) is 1.94. The third-order valence-electron chi connectivity index (χ3n) is 1.76. The number of hydrogen-bond donors (Lipinski definition) is 1. The molecule has 0 aromatic carbocycles. The summed E-state index contributed by atoms with van der Waals surface area (Å²) in [7, 11) is -3.72. The van der Waals surface area contributed by atoms with Crippen molar-refractivity contribution in [3.05, 3.63) is 0 Å². The monoisotopic (exact) mass is 234 g/mol. The Labute approximate surface area is 125 Å². The molecule has 0 saturated heterocycles. The summed E-state index contributed by atoms with van der Waals surface area (Å²) < 4.78 is 28.9. The van der Waals surface area contributed by atoms with Gasteiger partial charge in [0.05, 0.1) is 5.75 Å². The second-order valence-electron chi connectivity index (χ2n) is 3.05. The third-order valence-corrected chi connectivity index (χ3v) is 2.56. The van der Waals surface area contributed by atoms with E-state index in [0.29, 0.717) is 6.42 Å². The predicted molar refractivity (Wildman–Crippen MR) is 50.9 cm³/mol. The van der Waals surface area contributed by atoms with Crippen molar-refractivity contribution in [1.82, 2.24) is 0 Å². The van der Waals surface area contributed by atoms with Crippen molar-refractivity contribution in [2.75, 3.05) is 5.75 Å². The van der Waals surface area contributed by atoms with Gasteiger partial charge in [-0.25, -0.2) is 0 Å². The molecule has 0 saturated carbocycles. The Morgan fingerprint density at radius 3 is 2.00 bits per heavy atom. The van der Waals surface area contributed by atoms with Crippen molar-refractivity contribution in [2.24, 2.45) is 0 Å². The summed E-state index contributed by atoms with van der Waals surface area (Å²) in [5, 5.41) is 0. The van der Waals surface area contributed by atoms with E-state index in [1.54, 1.807) is 0 Å². The Morgan fingerprint density at radius 1 is 1.08 bits per heavy atom. The third kappa shape index (κ3) is 16.2. The van der Waals surface area contributed by atoms with E-state index in [2.05, 4.69) is 6.92 Å². The van der Waals surface area contributed by atoms with Crippen molar-refractivity contribution >= 4 is 10.1 Å². The number of rotatable bonds is 7. The molecule has 0 aromatic rings. The molecular formula is C8H19KO3S. The first-order valence-electron chi connectivity index (χ1n) is 4.51. The van der Waals surface area contributed by atoms with Crippen molar-refractivity contribution < 1.29 is 65.8 Å². The second kappa shape index (κ2) is 10.1. The first-order chi connectivity index (χ1) is 5.56. The summed E-state index contributed by atoms with van der Waals surface area (Å²) in [6.45, 7) is 2.14. The van der Waals surface area contributed by atoms with Crippen LogP contribution in [-0.4, -0.2) is 18.7 Å². The Kier molecular flexibility index (Phi) is 13.1. The first kappa shape index (κ1) is 17.0. The minimum atomic E-state index is -3.72. The van der Waals surface area contributed by atoms with Crippen LogP contribution in [-0.2, 0) is 10.1 Å². The molecule has 0 atom stereocenters. The van der Waals surface area contributed by atoms with Crippen LogP contribution in [0.1, 0.15) is 46.9 Å². The Morgan fingerprint density at radius 2 is 1.54 bits per heavy atom. The fraction of sp³-hybridized carbons (Fsp3) is 1.00. The first-order valence-corrected chi connectivity index (χ1v) is 6.12. The quantitative estimate of drug-likeness (QED) is 0.362. The molecule has 0 heterocycles. The largest absolute Gasteiger partial charge is 1.00 e. The molecule has 0 fully saturated rings. The zero-order valence-electron chi connectivity index (χ0n) is 9.62. The van der Waals surface area contributed by atoms with Gasteiger partial charge in [0.2, 0.25) is 0 Å². The molecule has 0 bridgehead atoms. The van der Waals surface area contributed by atoms with Gasteiger partial charge in [-0.05, 0) is 6.42 Å². The van der Waals surface area contributed by atoms with E-state index in [1.807, 2.05) is 0 Å². The van der Waals surface area contributed by atoms with Crippen LogP contribution in [0.2, 0.25) is 0 Å². The van der Waals surface area contributed by atoms with Gasteiger partial charge in [-0.3, -0.25) is 4.55 Å². The van der Waals surface area contributed by atoms with Crippen LogP contribution >= 0.6 is 0 Å². The Balaban J connectivity index is -0.000000605. The zero-order valence-corrected chi connectivity index (χ0v) is 12.6. The molecule has 0 aliphatic carbocycles. The fourth-order valence-electron chi connectivity index (χ4n) is 1.06. The van der Waals surface area contributed by atoms with E-state index in [-0.39, 0.29) is 58.6 Å². The molecule has 0 unspecified atom stereocenters. The molecule has 1 N–H and O–H groups in total. The molecule has 0 rings (SSSR count). The summed E-state index contributed by atoms with van der Waals surface area (Å²) in [5.74, 6) is -0.0842. The number of unbranched alkanes of at least 4 members (excludes halogenated alkanes) is 5. The molecule has 0 spiro atoms. The maximum absolute atomic E-state index is 10.3. The smallest absolute Gasteiger partial charge is 1.00 e. The summed E-state index contributed by atoms with van der Waals surface area (Å²) in [5.41, 5.74) is 0. The summed E-state index contributed by atoms with van der Waals surface area (Å²) in [6.07, 6.45) is 6.14. The van der Waals surface area contributed by atoms with Gasteiger partial charge in [-0.2, -0.15) is 8.42 Å². The van der Waals surface area contributed by atoms with Gasteiger partial charge in [-0.15, -0.1) is 0 Å². The van der Waals surface area contributed by atoms with Crippen LogP contribution in [0.15, 0.2) is 0 Å². The van der Waals surface area contributed by atoms with Crippen LogP contribution in [0.5, 0.6) is 0 Å². The molecule has 13 heavy (non-hydrogen) atoms. The molecule has 76 valence electrons. The van der Waals surface area contributed by atoms with Crippen molar-refractivity contribution in [3.63, 3.8) is 0 Å². The SMILES string of the molecule is CCCCCCCCS(=O)(=O)O.[H-].[K+]. The van der Waals surface area contributed by atoms with E-state index < -0.39 is 10.1 Å². The van der Waals surface area contributed by atoms with Crippen LogP contribution in [0.4, 0.5) is 0 Å². The van der Waals surface area contributed by atoms with Crippen LogP contribution in [0, 0.1) is 0 Å². The summed E-state index contributed by atoms with van der Waals surface area (Å²) in [4.78, 5) is 0. The topological polar surface area (TPSA) is 54.4 Å². The molecule has 0 amide bonds. The van der Waals surface area contributed by atoms with E-state index in [1.165, 1.54) is 19.3 Å². The predicted octanol–water partition coefficient (Wildman–Crippen LogP) is -0.649. The summed E-state index contributed by atoms with van der Waals surface area (Å²) in [6, 6.07) is 0. The van der Waals surface area contributed by atoms with Crippen LogP contribution in [0.3, 0.4) is 0 Å². The molecule has 0 radical (unpaired) electrons. The van der Waals surface area contributed by atoms with Crippen molar-refractivity contribution in [1.29, 1.82) is 0 Å². The van der Waals surface area contributed by atoms with E-state index in [9.17, 15) is 8.42 Å². The Bertz CT molecular complexity index is 195. The molecule has 0 aliphatic heterocycles. The van der Waals surface area contributed by atoms with Gasteiger partial charge < -0.3 is 1.43 Å². The minimum absolute atomic E-state index is 0. The van der Waals surface area contributed by atoms with Crippen molar-refractivity contribution in [3.8, 4) is 0 Å². The van der Waals surface area contributed by atoms with Crippen LogP contribution in [0.25, 0.3) is 0 Å². The van der Waals surface area contributed by atoms with Gasteiger partial charge in [0, 0.05) is 0 Å². The maximum atomic E-state index is 10.3. The van der Waals surface area contributed by atoms with E-state index in [4.69, 9.17) is 4.55 Å². The zero-order chi connectivity index (χ0) is 9.45. The average molecular weight is 234 g/mol. The molecule has 3 nitrogen and oxygen atoms in total. The summed E-state index contributed by atoms with van der Waals surface area (Å²) >= 11 is 0. The van der Waals surface area contributed by atoms with Gasteiger partial charge in [-0.1, -0.05) is 39.0 Å². The molecular weight excluding hydrogens is 215 g/mol. The van der Waals surface area contributed by atoms with Gasteiger partial charge >= 0.3 is 51.4 Å². The standard InChI is InChI=1S/C8H18O3S.K.H/c1-2-3-4-5-6-7-8-12(9,10)11;;/h2-8H2,1H3,(H,9,10,11);;/q;+1;-1. The molecule has 0 aromatic heterocycles. The second-order valence-corrected chi connectivity index (χ2v) is 4.63. The van der Waals surface area contributed by atoms with Crippen LogP contribution < -0.4 is 51.4 Å². The molecule has 0 aliphatic rings. The van der Waals surface area contributed by atoms with E-state index >= 15 is 0 Å². The normalized spacial score (nSPS) is 10.9. The van der Waals surface area contributed by atoms with Crippen molar-refractivity contribution in [2.45, 2.75) is 45.4 Å². The molecule has 5 heteroatoms. The van der Waals surface area contributed by atoms with Gasteiger partial charge in [0.15, 0.2) is 0 Å². The maximum Gasteiger partial charge on any atom is 1.00 e. The fourth-order valence-corrected chi connectivity index (χ4v) is 1.63. The van der Waals surface area contributed by atoms with Gasteiger partial charge in [0.1, 0.15) is 0 Å².